The topological polar surface area (TPSA) is 58.6 Å². The number of carbonyl (C=O) groups is 1. The Labute approximate surface area is 97.4 Å². The van der Waals surface area contributed by atoms with E-state index >= 15 is 0 Å². The highest BCUT2D eigenvalue weighted by atomic mass is 16.5. The summed E-state index contributed by atoms with van der Waals surface area (Å²) in [6.07, 6.45) is 2.31. The molecule has 94 valence electrons. The zero-order chi connectivity index (χ0) is 12.2. The molecule has 0 aromatic carbocycles. The summed E-state index contributed by atoms with van der Waals surface area (Å²) in [4.78, 5) is 12.0. The van der Waals surface area contributed by atoms with Gasteiger partial charge in [-0.1, -0.05) is 6.92 Å². The van der Waals surface area contributed by atoms with E-state index in [9.17, 15) is 4.79 Å². The van der Waals surface area contributed by atoms with Crippen molar-refractivity contribution in [3.05, 3.63) is 0 Å². The van der Waals surface area contributed by atoms with Crippen LogP contribution in [0.4, 0.5) is 0 Å². The zero-order valence-electron chi connectivity index (χ0n) is 10.5. The fourth-order valence-electron chi connectivity index (χ4n) is 2.12. The van der Waals surface area contributed by atoms with Crippen LogP contribution in [0.1, 0.15) is 40.0 Å². The summed E-state index contributed by atoms with van der Waals surface area (Å²) in [5.74, 6) is 0.0331. The Morgan fingerprint density at radius 2 is 2.25 bits per heavy atom. The number of rotatable bonds is 5. The Morgan fingerprint density at radius 1 is 1.56 bits per heavy atom. The Kier molecular flexibility index (Phi) is 4.74. The Hall–Kier alpha value is -0.610. The van der Waals surface area contributed by atoms with Crippen LogP contribution in [-0.4, -0.2) is 35.9 Å². The molecule has 4 heteroatoms. The van der Waals surface area contributed by atoms with Crippen molar-refractivity contribution in [3.63, 3.8) is 0 Å². The molecule has 1 heterocycles. The van der Waals surface area contributed by atoms with Crippen LogP contribution in [0, 0.1) is 5.92 Å². The van der Waals surface area contributed by atoms with Gasteiger partial charge in [0.1, 0.15) is 0 Å². The van der Waals surface area contributed by atoms with Crippen LogP contribution < -0.4 is 5.32 Å². The number of amides is 1. The van der Waals surface area contributed by atoms with Crippen LogP contribution in [0.25, 0.3) is 0 Å². The lowest BCUT2D eigenvalue weighted by Crippen LogP contribution is -2.48. The highest BCUT2D eigenvalue weighted by Gasteiger charge is 2.34. The third kappa shape index (κ3) is 3.46. The fourth-order valence-corrected chi connectivity index (χ4v) is 2.12. The van der Waals surface area contributed by atoms with Gasteiger partial charge in [-0.2, -0.15) is 0 Å². The van der Waals surface area contributed by atoms with Crippen LogP contribution in [0.15, 0.2) is 0 Å². The van der Waals surface area contributed by atoms with Crippen LogP contribution in [0.5, 0.6) is 0 Å². The molecular formula is C12H23NO3. The van der Waals surface area contributed by atoms with E-state index in [0.717, 1.165) is 12.8 Å². The van der Waals surface area contributed by atoms with Crippen LogP contribution in [0.3, 0.4) is 0 Å². The lowest BCUT2D eigenvalue weighted by atomic mass is 9.95. The highest BCUT2D eigenvalue weighted by Crippen LogP contribution is 2.24. The van der Waals surface area contributed by atoms with Gasteiger partial charge in [-0.25, -0.2) is 0 Å². The first kappa shape index (κ1) is 13.5. The summed E-state index contributed by atoms with van der Waals surface area (Å²) < 4.78 is 5.50. The number of ether oxygens (including phenoxy) is 1. The van der Waals surface area contributed by atoms with Gasteiger partial charge in [0.05, 0.1) is 12.0 Å². The molecule has 16 heavy (non-hydrogen) atoms. The van der Waals surface area contributed by atoms with Crippen LogP contribution in [-0.2, 0) is 9.53 Å². The molecule has 0 bridgehead atoms. The van der Waals surface area contributed by atoms with Crippen molar-refractivity contribution in [2.75, 3.05) is 13.2 Å². The van der Waals surface area contributed by atoms with Gasteiger partial charge in [0.2, 0.25) is 5.91 Å². The van der Waals surface area contributed by atoms with Crippen molar-refractivity contribution in [2.24, 2.45) is 5.92 Å². The molecule has 1 aliphatic heterocycles. The lowest BCUT2D eigenvalue weighted by Gasteiger charge is -2.28. The van der Waals surface area contributed by atoms with E-state index in [-0.39, 0.29) is 30.1 Å². The predicted molar refractivity (Wildman–Crippen MR) is 62.1 cm³/mol. The van der Waals surface area contributed by atoms with Gasteiger partial charge >= 0.3 is 0 Å². The number of aliphatic hydroxyl groups excluding tert-OH is 1. The molecule has 0 aromatic heterocycles. The molecular weight excluding hydrogens is 206 g/mol. The molecule has 4 nitrogen and oxygen atoms in total. The maximum atomic E-state index is 12.0. The SMILES string of the molecule is CCC1OCCC1C(=O)NC(C)(C)CCO. The molecule has 1 amide bonds. The molecule has 1 saturated heterocycles. The second kappa shape index (κ2) is 5.64. The molecule has 0 aromatic rings. The lowest BCUT2D eigenvalue weighted by molar-refractivity contribution is -0.128. The minimum Gasteiger partial charge on any atom is -0.396 e. The van der Waals surface area contributed by atoms with E-state index in [0.29, 0.717) is 13.0 Å². The van der Waals surface area contributed by atoms with Crippen molar-refractivity contribution in [3.8, 4) is 0 Å². The normalized spacial score (nSPS) is 25.8. The fraction of sp³-hybridized carbons (Fsp3) is 0.917. The number of hydrogen-bond donors (Lipinski definition) is 2. The van der Waals surface area contributed by atoms with E-state index < -0.39 is 0 Å². The van der Waals surface area contributed by atoms with Crippen molar-refractivity contribution >= 4 is 5.91 Å². The van der Waals surface area contributed by atoms with E-state index in [4.69, 9.17) is 9.84 Å². The average Bonchev–Trinajstić information content (AvgIpc) is 2.64. The molecule has 0 radical (unpaired) electrons. The van der Waals surface area contributed by atoms with E-state index in [2.05, 4.69) is 5.32 Å². The van der Waals surface area contributed by atoms with Crippen molar-refractivity contribution < 1.29 is 14.6 Å². The molecule has 1 aliphatic rings. The summed E-state index contributed by atoms with van der Waals surface area (Å²) >= 11 is 0. The van der Waals surface area contributed by atoms with E-state index in [1.165, 1.54) is 0 Å². The standard InChI is InChI=1S/C12H23NO3/c1-4-10-9(5-8-16-10)11(15)13-12(2,3)6-7-14/h9-10,14H,4-8H2,1-3H3,(H,13,15). The number of aliphatic hydroxyl groups is 1. The smallest absolute Gasteiger partial charge is 0.226 e. The Bertz CT molecular complexity index is 240. The van der Waals surface area contributed by atoms with Crippen molar-refractivity contribution in [1.29, 1.82) is 0 Å². The second-order valence-electron chi connectivity index (χ2n) is 5.06. The summed E-state index contributed by atoms with van der Waals surface area (Å²) in [7, 11) is 0. The summed E-state index contributed by atoms with van der Waals surface area (Å²) in [6, 6.07) is 0. The van der Waals surface area contributed by atoms with E-state index in [1.807, 2.05) is 20.8 Å². The third-order valence-electron chi connectivity index (χ3n) is 3.15. The van der Waals surface area contributed by atoms with Gasteiger partial charge in [-0.3, -0.25) is 4.79 Å². The predicted octanol–water partition coefficient (Wildman–Crippen LogP) is 1.08. The summed E-state index contributed by atoms with van der Waals surface area (Å²) in [5.41, 5.74) is -0.341. The van der Waals surface area contributed by atoms with Gasteiger partial charge in [-0.05, 0) is 33.1 Å². The first-order valence-corrected chi connectivity index (χ1v) is 6.04. The Morgan fingerprint density at radius 3 is 2.81 bits per heavy atom. The maximum Gasteiger partial charge on any atom is 0.226 e. The van der Waals surface area contributed by atoms with Crippen molar-refractivity contribution in [1.82, 2.24) is 5.32 Å². The summed E-state index contributed by atoms with van der Waals surface area (Å²) in [6.45, 7) is 6.66. The number of carbonyl (C=O) groups excluding carboxylic acids is 1. The molecule has 1 fully saturated rings. The highest BCUT2D eigenvalue weighted by molar-refractivity contribution is 5.80. The van der Waals surface area contributed by atoms with Gasteiger partial charge in [-0.15, -0.1) is 0 Å². The van der Waals surface area contributed by atoms with Gasteiger partial charge < -0.3 is 15.2 Å². The Balaban J connectivity index is 2.51. The molecule has 0 saturated carbocycles. The second-order valence-corrected chi connectivity index (χ2v) is 5.06. The summed E-state index contributed by atoms with van der Waals surface area (Å²) in [5, 5.41) is 11.9. The van der Waals surface area contributed by atoms with E-state index in [1.54, 1.807) is 0 Å². The quantitative estimate of drug-likeness (QED) is 0.741. The molecule has 2 unspecified atom stereocenters. The average molecular weight is 229 g/mol. The van der Waals surface area contributed by atoms with Crippen LogP contribution >= 0.6 is 0 Å². The first-order chi connectivity index (χ1) is 7.50. The monoisotopic (exact) mass is 229 g/mol. The number of hydrogen-bond acceptors (Lipinski definition) is 3. The minimum atomic E-state index is -0.341. The zero-order valence-corrected chi connectivity index (χ0v) is 10.5. The first-order valence-electron chi connectivity index (χ1n) is 6.04. The molecule has 2 N–H and O–H groups in total. The minimum absolute atomic E-state index is 0.0250. The van der Waals surface area contributed by atoms with Gasteiger partial charge in [0.25, 0.3) is 0 Å². The molecule has 2 atom stereocenters. The van der Waals surface area contributed by atoms with Gasteiger partial charge in [0, 0.05) is 18.8 Å². The number of nitrogens with one attached hydrogen (secondary N) is 1. The van der Waals surface area contributed by atoms with Crippen LogP contribution in [0.2, 0.25) is 0 Å². The third-order valence-corrected chi connectivity index (χ3v) is 3.15. The van der Waals surface area contributed by atoms with Gasteiger partial charge in [0.15, 0.2) is 0 Å². The molecule has 1 rings (SSSR count). The largest absolute Gasteiger partial charge is 0.396 e. The molecule has 0 spiro atoms. The molecule has 0 aliphatic carbocycles. The van der Waals surface area contributed by atoms with Crippen molar-refractivity contribution in [2.45, 2.75) is 51.7 Å². The maximum absolute atomic E-state index is 12.0.